The highest BCUT2D eigenvalue weighted by atomic mass is 19.1. The first-order chi connectivity index (χ1) is 4.18. The van der Waals surface area contributed by atoms with Gasteiger partial charge in [0.1, 0.15) is 0 Å². The molecule has 0 radical (unpaired) electrons. The Morgan fingerprint density at radius 3 is 2.56 bits per heavy atom. The molecule has 0 aliphatic heterocycles. The van der Waals surface area contributed by atoms with Crippen molar-refractivity contribution in [3.63, 3.8) is 0 Å². The molecule has 54 valence electrons. The van der Waals surface area contributed by atoms with E-state index in [2.05, 4.69) is 0 Å². The molecule has 0 aliphatic carbocycles. The standard InChI is InChI=1S/C5H11FN2O/c6-5(9)4(8)2-1-3-7/h4H,1-3,7-8H2/t4-/m1/s1. The molecule has 0 saturated carbocycles. The minimum atomic E-state index is -1.46. The minimum Gasteiger partial charge on any atom is -0.330 e. The van der Waals surface area contributed by atoms with Crippen molar-refractivity contribution in [2.45, 2.75) is 18.9 Å². The first-order valence-corrected chi connectivity index (χ1v) is 2.83. The van der Waals surface area contributed by atoms with Crippen LogP contribution < -0.4 is 11.5 Å². The summed E-state index contributed by atoms with van der Waals surface area (Å²) in [6, 6.07) is -2.42. The number of nitrogens with two attached hydrogens (primary N) is 2. The van der Waals surface area contributed by atoms with Gasteiger partial charge in [0.2, 0.25) is 0 Å². The van der Waals surface area contributed by atoms with Crippen molar-refractivity contribution < 1.29 is 9.18 Å². The molecule has 0 spiro atoms. The lowest BCUT2D eigenvalue weighted by molar-refractivity contribution is -0.130. The Bertz CT molecular complexity index is 97.0. The molecule has 4 heteroatoms. The van der Waals surface area contributed by atoms with E-state index in [0.29, 0.717) is 19.4 Å². The summed E-state index contributed by atoms with van der Waals surface area (Å²) in [6.07, 6.45) is 0.933. The largest absolute Gasteiger partial charge is 0.330 e. The van der Waals surface area contributed by atoms with Crippen LogP contribution in [0.4, 0.5) is 4.39 Å². The fourth-order valence-corrected chi connectivity index (χ4v) is 0.451. The van der Waals surface area contributed by atoms with Gasteiger partial charge in [0.25, 0.3) is 0 Å². The van der Waals surface area contributed by atoms with Crippen molar-refractivity contribution in [2.75, 3.05) is 6.54 Å². The second kappa shape index (κ2) is 4.40. The maximum Gasteiger partial charge on any atom is 0.318 e. The van der Waals surface area contributed by atoms with Gasteiger partial charge in [-0.2, -0.15) is 4.39 Å². The fraction of sp³-hybridized carbons (Fsp3) is 0.800. The molecule has 0 heterocycles. The first-order valence-electron chi connectivity index (χ1n) is 2.83. The van der Waals surface area contributed by atoms with E-state index >= 15 is 0 Å². The summed E-state index contributed by atoms with van der Waals surface area (Å²) in [6.45, 7) is 0.445. The van der Waals surface area contributed by atoms with E-state index in [-0.39, 0.29) is 0 Å². The Balaban J connectivity index is 3.27. The second-order valence-electron chi connectivity index (χ2n) is 1.84. The van der Waals surface area contributed by atoms with E-state index in [1.807, 2.05) is 0 Å². The lowest BCUT2D eigenvalue weighted by Crippen LogP contribution is -2.27. The second-order valence-corrected chi connectivity index (χ2v) is 1.84. The molecular weight excluding hydrogens is 123 g/mol. The van der Waals surface area contributed by atoms with Crippen molar-refractivity contribution in [1.29, 1.82) is 0 Å². The molecule has 0 amide bonds. The lowest BCUT2D eigenvalue weighted by Gasteiger charge is -2.01. The third kappa shape index (κ3) is 4.05. The Labute approximate surface area is 53.2 Å². The van der Waals surface area contributed by atoms with Crippen molar-refractivity contribution in [3.8, 4) is 0 Å². The SMILES string of the molecule is NCCC[C@@H](N)C(=O)F. The smallest absolute Gasteiger partial charge is 0.318 e. The van der Waals surface area contributed by atoms with E-state index in [0.717, 1.165) is 0 Å². The molecule has 9 heavy (non-hydrogen) atoms. The summed E-state index contributed by atoms with van der Waals surface area (Å²) in [5.74, 6) is 0. The Morgan fingerprint density at radius 2 is 2.22 bits per heavy atom. The summed E-state index contributed by atoms with van der Waals surface area (Å²) < 4.78 is 11.6. The first kappa shape index (κ1) is 8.52. The van der Waals surface area contributed by atoms with E-state index in [1.54, 1.807) is 0 Å². The average Bonchev–Trinajstić information content (AvgIpc) is 1.82. The molecule has 0 bridgehead atoms. The zero-order chi connectivity index (χ0) is 7.28. The highest BCUT2D eigenvalue weighted by Gasteiger charge is 2.09. The minimum absolute atomic E-state index is 0.339. The molecule has 0 aromatic rings. The van der Waals surface area contributed by atoms with E-state index in [4.69, 9.17) is 11.5 Å². The summed E-state index contributed by atoms with van der Waals surface area (Å²) in [5.41, 5.74) is 10.1. The molecule has 0 aromatic carbocycles. The molecule has 0 aliphatic rings. The molecule has 4 N–H and O–H groups in total. The fourth-order valence-electron chi connectivity index (χ4n) is 0.451. The zero-order valence-corrected chi connectivity index (χ0v) is 5.14. The van der Waals surface area contributed by atoms with Gasteiger partial charge in [-0.3, -0.25) is 4.79 Å². The molecule has 0 unspecified atom stereocenters. The van der Waals surface area contributed by atoms with Gasteiger partial charge in [-0.15, -0.1) is 0 Å². The number of carbonyl (C=O) groups excluding carboxylic acids is 1. The topological polar surface area (TPSA) is 69.1 Å². The van der Waals surface area contributed by atoms with Crippen LogP contribution in [0.2, 0.25) is 0 Å². The Kier molecular flexibility index (Phi) is 4.17. The van der Waals surface area contributed by atoms with Gasteiger partial charge in [-0.05, 0) is 19.4 Å². The van der Waals surface area contributed by atoms with Crippen molar-refractivity contribution >= 4 is 6.04 Å². The molecule has 0 saturated heterocycles. The highest BCUT2D eigenvalue weighted by molar-refractivity contribution is 5.73. The van der Waals surface area contributed by atoms with Gasteiger partial charge >= 0.3 is 6.04 Å². The Hall–Kier alpha value is -0.480. The predicted octanol–water partition coefficient (Wildman–Crippen LogP) is -0.451. The van der Waals surface area contributed by atoms with Crippen molar-refractivity contribution in [2.24, 2.45) is 11.5 Å². The number of rotatable bonds is 4. The van der Waals surface area contributed by atoms with E-state index < -0.39 is 12.1 Å². The molecule has 3 nitrogen and oxygen atoms in total. The van der Waals surface area contributed by atoms with Crippen LogP contribution in [-0.4, -0.2) is 18.6 Å². The maximum absolute atomic E-state index is 11.6. The van der Waals surface area contributed by atoms with E-state index in [9.17, 15) is 9.18 Å². The number of carbonyl (C=O) groups is 1. The van der Waals surface area contributed by atoms with E-state index in [1.165, 1.54) is 0 Å². The van der Waals surface area contributed by atoms with Crippen LogP contribution in [0.25, 0.3) is 0 Å². The van der Waals surface area contributed by atoms with Crippen LogP contribution in [0.5, 0.6) is 0 Å². The summed E-state index contributed by atoms with van der Waals surface area (Å²) in [5, 5.41) is 0. The summed E-state index contributed by atoms with van der Waals surface area (Å²) in [7, 11) is 0. The van der Waals surface area contributed by atoms with Gasteiger partial charge in [0, 0.05) is 0 Å². The molecule has 0 aromatic heterocycles. The van der Waals surface area contributed by atoms with Crippen LogP contribution in [0, 0.1) is 0 Å². The lowest BCUT2D eigenvalue weighted by atomic mass is 10.2. The number of hydrogen-bond donors (Lipinski definition) is 2. The summed E-state index contributed by atoms with van der Waals surface area (Å²) in [4.78, 5) is 9.82. The van der Waals surface area contributed by atoms with Gasteiger partial charge in [0.05, 0.1) is 6.04 Å². The molecule has 0 rings (SSSR count). The summed E-state index contributed by atoms with van der Waals surface area (Å²) >= 11 is 0. The maximum atomic E-state index is 11.6. The molecule has 1 atom stereocenters. The van der Waals surface area contributed by atoms with Crippen LogP contribution in [0.15, 0.2) is 0 Å². The van der Waals surface area contributed by atoms with Crippen LogP contribution >= 0.6 is 0 Å². The quantitative estimate of drug-likeness (QED) is 0.511. The van der Waals surface area contributed by atoms with Gasteiger partial charge in [0.15, 0.2) is 0 Å². The van der Waals surface area contributed by atoms with Gasteiger partial charge in [-0.1, -0.05) is 0 Å². The van der Waals surface area contributed by atoms with Gasteiger partial charge in [-0.25, -0.2) is 0 Å². The van der Waals surface area contributed by atoms with Crippen LogP contribution in [0.3, 0.4) is 0 Å². The number of hydrogen-bond acceptors (Lipinski definition) is 3. The normalized spacial score (nSPS) is 13.2. The molecular formula is C5H11FN2O. The highest BCUT2D eigenvalue weighted by Crippen LogP contribution is 1.93. The Morgan fingerprint density at radius 1 is 1.67 bits per heavy atom. The van der Waals surface area contributed by atoms with Crippen molar-refractivity contribution in [1.82, 2.24) is 0 Å². The zero-order valence-electron chi connectivity index (χ0n) is 5.14. The van der Waals surface area contributed by atoms with Crippen LogP contribution in [0.1, 0.15) is 12.8 Å². The van der Waals surface area contributed by atoms with Gasteiger partial charge < -0.3 is 11.5 Å². The third-order valence-electron chi connectivity index (χ3n) is 1.01. The monoisotopic (exact) mass is 134 g/mol. The molecule has 0 fully saturated rings. The van der Waals surface area contributed by atoms with Crippen molar-refractivity contribution in [3.05, 3.63) is 0 Å². The average molecular weight is 134 g/mol. The third-order valence-corrected chi connectivity index (χ3v) is 1.01. The number of halogens is 1. The predicted molar refractivity (Wildman–Crippen MR) is 32.4 cm³/mol. The van der Waals surface area contributed by atoms with Crippen LogP contribution in [-0.2, 0) is 4.79 Å².